The monoisotopic (exact) mass is 268 g/mol. The lowest BCUT2D eigenvalue weighted by atomic mass is 10.4. The number of thioether (sulfide) groups is 1. The summed E-state index contributed by atoms with van der Waals surface area (Å²) >= 11 is 1.11. The number of hydrogen-bond acceptors (Lipinski definition) is 5. The maximum atomic E-state index is 11.7. The molecule has 0 aromatic heterocycles. The summed E-state index contributed by atoms with van der Waals surface area (Å²) in [6.45, 7) is 3.97. The summed E-state index contributed by atoms with van der Waals surface area (Å²) in [6.07, 6.45) is 0. The largest absolute Gasteiger partial charge is 0.480 e. The first-order valence-electron chi connectivity index (χ1n) is 5.65. The van der Waals surface area contributed by atoms with Gasteiger partial charge in [0.05, 0.1) is 13.2 Å². The summed E-state index contributed by atoms with van der Waals surface area (Å²) in [5.41, 5.74) is 0. The summed E-state index contributed by atoms with van der Waals surface area (Å²) < 4.78 is 9.84. The number of carbonyl (C=O) groups excluding carboxylic acids is 1. The number of aliphatic hydroxyl groups excluding tert-OH is 1. The van der Waals surface area contributed by atoms with Crippen LogP contribution in [0.2, 0.25) is 0 Å². The van der Waals surface area contributed by atoms with Crippen molar-refractivity contribution < 1.29 is 19.4 Å². The van der Waals surface area contributed by atoms with E-state index < -0.39 is 11.9 Å². The van der Waals surface area contributed by atoms with Crippen LogP contribution >= 0.6 is 11.8 Å². The maximum absolute atomic E-state index is 11.7. The summed E-state index contributed by atoms with van der Waals surface area (Å²) in [4.78, 5) is 12.6. The highest BCUT2D eigenvalue weighted by Crippen LogP contribution is 2.29. The second-order valence-electron chi connectivity index (χ2n) is 3.20. The van der Waals surface area contributed by atoms with Crippen LogP contribution in [-0.4, -0.2) is 24.3 Å². The van der Waals surface area contributed by atoms with Crippen LogP contribution in [0, 0.1) is 0 Å². The molecule has 0 aliphatic carbocycles. The molecule has 0 fully saturated rings. The molecule has 0 heterocycles. The fourth-order valence-corrected chi connectivity index (χ4v) is 2.00. The quantitative estimate of drug-likeness (QED) is 0.372. The molecule has 98 valence electrons. The standard InChI is InChI=1S/C13H16O4S/c1-3-16-12(14)11(13(15)17-4-2)18-10-8-6-5-7-9-10/h5-9,14H,3-4H2,1-2H3/b12-11+. The lowest BCUT2D eigenvalue weighted by Gasteiger charge is -2.09. The Morgan fingerprint density at radius 1 is 1.17 bits per heavy atom. The van der Waals surface area contributed by atoms with Gasteiger partial charge in [-0.15, -0.1) is 0 Å². The number of esters is 1. The molecule has 0 saturated heterocycles. The van der Waals surface area contributed by atoms with Crippen molar-refractivity contribution in [2.45, 2.75) is 18.7 Å². The van der Waals surface area contributed by atoms with Crippen LogP contribution < -0.4 is 0 Å². The molecule has 18 heavy (non-hydrogen) atoms. The molecule has 5 heteroatoms. The molecule has 0 amide bonds. The Morgan fingerprint density at radius 3 is 2.33 bits per heavy atom. The normalized spacial score (nSPS) is 11.7. The summed E-state index contributed by atoms with van der Waals surface area (Å²) in [6, 6.07) is 9.25. The molecule has 0 atom stereocenters. The molecule has 0 spiro atoms. The first-order valence-corrected chi connectivity index (χ1v) is 6.46. The average molecular weight is 268 g/mol. The third-order valence-corrected chi connectivity index (χ3v) is 2.95. The smallest absolute Gasteiger partial charge is 0.352 e. The highest BCUT2D eigenvalue weighted by atomic mass is 32.2. The fraction of sp³-hybridized carbons (Fsp3) is 0.308. The molecule has 1 rings (SSSR count). The molecule has 1 aromatic carbocycles. The minimum Gasteiger partial charge on any atom is -0.480 e. The Morgan fingerprint density at radius 2 is 1.78 bits per heavy atom. The second kappa shape index (κ2) is 7.66. The lowest BCUT2D eigenvalue weighted by molar-refractivity contribution is -0.138. The Balaban J connectivity index is 2.91. The molecule has 1 N–H and O–H groups in total. The van der Waals surface area contributed by atoms with Crippen molar-refractivity contribution in [2.24, 2.45) is 0 Å². The van der Waals surface area contributed by atoms with Crippen LogP contribution in [0.1, 0.15) is 13.8 Å². The van der Waals surface area contributed by atoms with Crippen molar-refractivity contribution in [2.75, 3.05) is 13.2 Å². The molecule has 0 unspecified atom stereocenters. The van der Waals surface area contributed by atoms with Crippen LogP contribution in [0.3, 0.4) is 0 Å². The molecule has 0 aliphatic rings. The first-order chi connectivity index (χ1) is 8.69. The van der Waals surface area contributed by atoms with Crippen LogP contribution in [0.15, 0.2) is 46.1 Å². The number of hydrogen-bond donors (Lipinski definition) is 1. The zero-order chi connectivity index (χ0) is 13.4. The molecule has 1 aromatic rings. The van der Waals surface area contributed by atoms with Gasteiger partial charge in [-0.2, -0.15) is 0 Å². The van der Waals surface area contributed by atoms with Crippen LogP contribution in [-0.2, 0) is 14.3 Å². The summed E-state index contributed by atoms with van der Waals surface area (Å²) in [7, 11) is 0. The van der Waals surface area contributed by atoms with Gasteiger partial charge in [0.1, 0.15) is 0 Å². The summed E-state index contributed by atoms with van der Waals surface area (Å²) in [5.74, 6) is -0.984. The topological polar surface area (TPSA) is 55.8 Å². The van der Waals surface area contributed by atoms with E-state index in [9.17, 15) is 9.90 Å². The third-order valence-electron chi connectivity index (χ3n) is 1.90. The summed E-state index contributed by atoms with van der Waals surface area (Å²) in [5, 5.41) is 9.70. The number of carbonyl (C=O) groups is 1. The van der Waals surface area contributed by atoms with Gasteiger partial charge in [0.15, 0.2) is 4.91 Å². The van der Waals surface area contributed by atoms with Gasteiger partial charge < -0.3 is 14.6 Å². The number of ether oxygens (including phenoxy) is 2. The Bertz CT molecular complexity index is 414. The van der Waals surface area contributed by atoms with E-state index in [-0.39, 0.29) is 18.1 Å². The number of aliphatic hydroxyl groups is 1. The Kier molecular flexibility index (Phi) is 6.14. The van der Waals surface area contributed by atoms with E-state index >= 15 is 0 Å². The van der Waals surface area contributed by atoms with Crippen molar-refractivity contribution in [1.82, 2.24) is 0 Å². The van der Waals surface area contributed by atoms with Gasteiger partial charge in [-0.1, -0.05) is 30.0 Å². The first kappa shape index (κ1) is 14.4. The van der Waals surface area contributed by atoms with Crippen molar-refractivity contribution in [3.05, 3.63) is 41.2 Å². The van der Waals surface area contributed by atoms with E-state index in [0.29, 0.717) is 0 Å². The van der Waals surface area contributed by atoms with Gasteiger partial charge in [0.25, 0.3) is 5.95 Å². The van der Waals surface area contributed by atoms with E-state index in [0.717, 1.165) is 16.7 Å². The predicted molar refractivity (Wildman–Crippen MR) is 70.2 cm³/mol. The molecule has 0 aliphatic heterocycles. The van der Waals surface area contributed by atoms with Crippen molar-refractivity contribution in [3.8, 4) is 0 Å². The van der Waals surface area contributed by atoms with E-state index in [1.165, 1.54) is 0 Å². The zero-order valence-electron chi connectivity index (χ0n) is 10.4. The Hall–Kier alpha value is -1.62. The van der Waals surface area contributed by atoms with E-state index in [2.05, 4.69) is 0 Å². The molecule has 4 nitrogen and oxygen atoms in total. The van der Waals surface area contributed by atoms with Crippen molar-refractivity contribution >= 4 is 17.7 Å². The maximum Gasteiger partial charge on any atom is 0.352 e. The van der Waals surface area contributed by atoms with Crippen molar-refractivity contribution in [1.29, 1.82) is 0 Å². The molecular formula is C13H16O4S. The number of rotatable bonds is 6. The van der Waals surface area contributed by atoms with E-state index in [4.69, 9.17) is 9.47 Å². The van der Waals surface area contributed by atoms with Crippen LogP contribution in [0.4, 0.5) is 0 Å². The number of benzene rings is 1. The lowest BCUT2D eigenvalue weighted by Crippen LogP contribution is -2.09. The van der Waals surface area contributed by atoms with E-state index in [1.54, 1.807) is 13.8 Å². The van der Waals surface area contributed by atoms with Gasteiger partial charge in [0.2, 0.25) is 0 Å². The van der Waals surface area contributed by atoms with Gasteiger partial charge in [0, 0.05) is 4.90 Å². The van der Waals surface area contributed by atoms with Gasteiger partial charge in [-0.3, -0.25) is 0 Å². The molecular weight excluding hydrogens is 252 g/mol. The molecule has 0 radical (unpaired) electrons. The second-order valence-corrected chi connectivity index (χ2v) is 4.29. The van der Waals surface area contributed by atoms with Gasteiger partial charge in [-0.05, 0) is 26.0 Å². The average Bonchev–Trinajstić information content (AvgIpc) is 2.37. The third kappa shape index (κ3) is 4.33. The minimum atomic E-state index is -0.586. The molecule has 0 bridgehead atoms. The minimum absolute atomic E-state index is 0.0601. The van der Waals surface area contributed by atoms with Crippen LogP contribution in [0.5, 0.6) is 0 Å². The van der Waals surface area contributed by atoms with Crippen molar-refractivity contribution in [3.63, 3.8) is 0 Å². The van der Waals surface area contributed by atoms with Gasteiger partial charge in [-0.25, -0.2) is 4.79 Å². The highest BCUT2D eigenvalue weighted by Gasteiger charge is 2.19. The predicted octanol–water partition coefficient (Wildman–Crippen LogP) is 3.11. The zero-order valence-corrected chi connectivity index (χ0v) is 11.2. The van der Waals surface area contributed by atoms with E-state index in [1.807, 2.05) is 30.3 Å². The van der Waals surface area contributed by atoms with Crippen LogP contribution in [0.25, 0.3) is 0 Å². The highest BCUT2D eigenvalue weighted by molar-refractivity contribution is 8.04. The van der Waals surface area contributed by atoms with Gasteiger partial charge >= 0.3 is 5.97 Å². The SMILES string of the molecule is CCOC(=O)/C(Sc1ccccc1)=C(/O)OCC. The fourth-order valence-electron chi connectivity index (χ4n) is 1.18. The molecule has 0 saturated carbocycles. The Labute approximate surface area is 111 Å².